The summed E-state index contributed by atoms with van der Waals surface area (Å²) in [4.78, 5) is 4.01. The van der Waals surface area contributed by atoms with E-state index in [-0.39, 0.29) is 11.3 Å². The molecule has 0 spiro atoms. The van der Waals surface area contributed by atoms with E-state index in [0.717, 1.165) is 23.8 Å². The number of hydrogen-bond acceptors (Lipinski definition) is 5. The van der Waals surface area contributed by atoms with Crippen molar-refractivity contribution >= 4 is 17.6 Å². The molecule has 0 amide bonds. The maximum absolute atomic E-state index is 8.61. The highest BCUT2D eigenvalue weighted by Gasteiger charge is 2.22. The number of nitrogens with zero attached hydrogens (tertiary/aromatic N) is 3. The molecule has 0 aliphatic rings. The van der Waals surface area contributed by atoms with Crippen molar-refractivity contribution in [3.05, 3.63) is 6.33 Å². The molecule has 16 heavy (non-hydrogen) atoms. The van der Waals surface area contributed by atoms with Gasteiger partial charge in [-0.3, -0.25) is 5.10 Å². The first-order valence-electron chi connectivity index (χ1n) is 5.02. The molecule has 0 bridgehead atoms. The Kier molecular flexibility index (Phi) is 4.60. The van der Waals surface area contributed by atoms with Crippen LogP contribution in [0.25, 0.3) is 0 Å². The van der Waals surface area contributed by atoms with Crippen molar-refractivity contribution in [3.63, 3.8) is 0 Å². The Morgan fingerprint density at radius 3 is 3.00 bits per heavy atom. The highest BCUT2D eigenvalue weighted by molar-refractivity contribution is 7.99. The van der Waals surface area contributed by atoms with Crippen molar-refractivity contribution in [2.45, 2.75) is 31.8 Å². The Balaban J connectivity index is 2.25. The van der Waals surface area contributed by atoms with Crippen molar-refractivity contribution in [2.24, 2.45) is 16.3 Å². The van der Waals surface area contributed by atoms with E-state index in [0.29, 0.717) is 0 Å². The number of rotatable bonds is 6. The first-order chi connectivity index (χ1) is 7.56. The fraction of sp³-hybridized carbons (Fsp3) is 0.667. The average molecular weight is 243 g/mol. The van der Waals surface area contributed by atoms with Crippen molar-refractivity contribution in [3.8, 4) is 0 Å². The second-order valence-electron chi connectivity index (χ2n) is 4.11. The molecule has 0 unspecified atom stereocenters. The van der Waals surface area contributed by atoms with E-state index < -0.39 is 0 Å². The molecule has 0 aromatic carbocycles. The number of thioether (sulfide) groups is 1. The Morgan fingerprint density at radius 1 is 1.69 bits per heavy atom. The minimum atomic E-state index is -0.267. The monoisotopic (exact) mass is 243 g/mol. The molecule has 1 rings (SSSR count). The second kappa shape index (κ2) is 5.74. The molecule has 6 nitrogen and oxygen atoms in total. The molecule has 0 atom stereocenters. The van der Waals surface area contributed by atoms with E-state index in [1.54, 1.807) is 11.8 Å². The zero-order valence-electron chi connectivity index (χ0n) is 9.47. The SMILES string of the molecule is CC(C)(CCCSc1ncn[nH]1)C(N)=NO. The number of nitrogens with two attached hydrogens (primary N) is 1. The Labute approximate surface area is 98.7 Å². The fourth-order valence-corrected chi connectivity index (χ4v) is 1.93. The van der Waals surface area contributed by atoms with E-state index in [1.165, 1.54) is 6.33 Å². The molecule has 0 radical (unpaired) electrons. The third-order valence-corrected chi connectivity index (χ3v) is 3.34. The molecule has 7 heteroatoms. The van der Waals surface area contributed by atoms with Gasteiger partial charge in [-0.25, -0.2) is 4.98 Å². The van der Waals surface area contributed by atoms with Crippen LogP contribution in [0.15, 0.2) is 16.6 Å². The normalized spacial score (nSPS) is 13.0. The zero-order chi connectivity index (χ0) is 12.0. The maximum Gasteiger partial charge on any atom is 0.183 e. The Bertz CT molecular complexity index is 336. The van der Waals surface area contributed by atoms with E-state index in [9.17, 15) is 0 Å². The lowest BCUT2D eigenvalue weighted by Gasteiger charge is -2.22. The van der Waals surface area contributed by atoms with Gasteiger partial charge in [0.15, 0.2) is 5.16 Å². The molecular weight excluding hydrogens is 226 g/mol. The van der Waals surface area contributed by atoms with Crippen LogP contribution in [0.4, 0.5) is 0 Å². The molecule has 0 fully saturated rings. The highest BCUT2D eigenvalue weighted by Crippen LogP contribution is 2.24. The van der Waals surface area contributed by atoms with Crippen molar-refractivity contribution in [1.29, 1.82) is 0 Å². The first-order valence-corrected chi connectivity index (χ1v) is 6.01. The van der Waals surface area contributed by atoms with Gasteiger partial charge in [0.05, 0.1) is 0 Å². The van der Waals surface area contributed by atoms with Crippen LogP contribution in [0, 0.1) is 5.41 Å². The number of aromatic nitrogens is 3. The van der Waals surface area contributed by atoms with Crippen LogP contribution in [-0.4, -0.2) is 32.0 Å². The van der Waals surface area contributed by atoms with Gasteiger partial charge < -0.3 is 10.9 Å². The number of nitrogens with one attached hydrogen (secondary N) is 1. The van der Waals surface area contributed by atoms with E-state index >= 15 is 0 Å². The summed E-state index contributed by atoms with van der Waals surface area (Å²) >= 11 is 1.61. The lowest BCUT2D eigenvalue weighted by molar-refractivity contribution is 0.305. The summed E-state index contributed by atoms with van der Waals surface area (Å²) in [6.07, 6.45) is 3.32. The molecule has 1 aromatic heterocycles. The van der Waals surface area contributed by atoms with Crippen LogP contribution in [0.5, 0.6) is 0 Å². The summed E-state index contributed by atoms with van der Waals surface area (Å²) < 4.78 is 0. The van der Waals surface area contributed by atoms with E-state index in [1.807, 2.05) is 13.8 Å². The lowest BCUT2D eigenvalue weighted by Crippen LogP contribution is -2.31. The Hall–Kier alpha value is -1.24. The van der Waals surface area contributed by atoms with Crippen LogP contribution < -0.4 is 5.73 Å². The molecule has 90 valence electrons. The third-order valence-electron chi connectivity index (χ3n) is 2.38. The predicted molar refractivity (Wildman–Crippen MR) is 63.5 cm³/mol. The summed E-state index contributed by atoms with van der Waals surface area (Å²) in [5.41, 5.74) is 5.33. The summed E-state index contributed by atoms with van der Waals surface area (Å²) in [6.45, 7) is 3.92. The number of H-pyrrole nitrogens is 1. The molecule has 1 heterocycles. The summed E-state index contributed by atoms with van der Waals surface area (Å²) in [6, 6.07) is 0. The number of hydrogen-bond donors (Lipinski definition) is 3. The Morgan fingerprint density at radius 2 is 2.44 bits per heavy atom. The van der Waals surface area contributed by atoms with Gasteiger partial charge >= 0.3 is 0 Å². The van der Waals surface area contributed by atoms with E-state index in [2.05, 4.69) is 20.3 Å². The van der Waals surface area contributed by atoms with Gasteiger partial charge in [0.2, 0.25) is 0 Å². The maximum atomic E-state index is 8.61. The second-order valence-corrected chi connectivity index (χ2v) is 5.20. The van der Waals surface area contributed by atoms with Gasteiger partial charge in [-0.15, -0.1) is 0 Å². The van der Waals surface area contributed by atoms with Gasteiger partial charge in [0.25, 0.3) is 0 Å². The quantitative estimate of drug-likeness (QED) is 0.175. The summed E-state index contributed by atoms with van der Waals surface area (Å²) in [7, 11) is 0. The zero-order valence-corrected chi connectivity index (χ0v) is 10.3. The van der Waals surface area contributed by atoms with Gasteiger partial charge in [-0.2, -0.15) is 5.10 Å². The minimum absolute atomic E-state index is 0.267. The summed E-state index contributed by atoms with van der Waals surface area (Å²) in [5, 5.41) is 19.0. The van der Waals surface area contributed by atoms with Gasteiger partial charge in [0.1, 0.15) is 12.2 Å². The van der Waals surface area contributed by atoms with E-state index in [4.69, 9.17) is 10.9 Å². The van der Waals surface area contributed by atoms with Crippen LogP contribution in [0.1, 0.15) is 26.7 Å². The summed E-state index contributed by atoms with van der Waals surface area (Å²) in [5.74, 6) is 1.20. The topological polar surface area (TPSA) is 100 Å². The lowest BCUT2D eigenvalue weighted by atomic mass is 9.87. The first kappa shape index (κ1) is 12.8. The van der Waals surface area contributed by atoms with Gasteiger partial charge in [-0.1, -0.05) is 30.8 Å². The fourth-order valence-electron chi connectivity index (χ4n) is 1.21. The molecule has 0 saturated heterocycles. The molecule has 0 aliphatic carbocycles. The van der Waals surface area contributed by atoms with Crippen LogP contribution >= 0.6 is 11.8 Å². The molecule has 0 saturated carbocycles. The number of aromatic amines is 1. The molecular formula is C9H17N5OS. The predicted octanol–water partition coefficient (Wildman–Crippen LogP) is 1.45. The van der Waals surface area contributed by atoms with Crippen LogP contribution in [-0.2, 0) is 0 Å². The van der Waals surface area contributed by atoms with Crippen LogP contribution in [0.3, 0.4) is 0 Å². The average Bonchev–Trinajstić information content (AvgIpc) is 2.76. The highest BCUT2D eigenvalue weighted by atomic mass is 32.2. The van der Waals surface area contributed by atoms with Crippen molar-refractivity contribution < 1.29 is 5.21 Å². The largest absolute Gasteiger partial charge is 0.409 e. The minimum Gasteiger partial charge on any atom is -0.409 e. The standard InChI is InChI=1S/C9H17N5OS/c1-9(2,7(10)14-15)4-3-5-16-8-11-6-12-13-8/h6,15H,3-5H2,1-2H3,(H2,10,14)(H,11,12,13). The van der Waals surface area contributed by atoms with Gasteiger partial charge in [0, 0.05) is 11.2 Å². The number of oxime groups is 1. The molecule has 0 aliphatic heterocycles. The third kappa shape index (κ3) is 3.73. The van der Waals surface area contributed by atoms with Crippen molar-refractivity contribution in [2.75, 3.05) is 5.75 Å². The molecule has 4 N–H and O–H groups in total. The van der Waals surface area contributed by atoms with Gasteiger partial charge in [-0.05, 0) is 12.8 Å². The smallest absolute Gasteiger partial charge is 0.183 e. The number of amidine groups is 1. The molecule has 1 aromatic rings. The van der Waals surface area contributed by atoms with Crippen LogP contribution in [0.2, 0.25) is 0 Å². The van der Waals surface area contributed by atoms with Crippen molar-refractivity contribution in [1.82, 2.24) is 15.2 Å².